The molecular weight excluding hydrogens is 441 g/mol. The summed E-state index contributed by atoms with van der Waals surface area (Å²) < 4.78 is 40.0. The minimum Gasteiger partial charge on any atom is -0.366 e. The van der Waals surface area contributed by atoms with Gasteiger partial charge in [-0.1, -0.05) is 42.5 Å². The Kier molecular flexibility index (Phi) is 6.65. The van der Waals surface area contributed by atoms with Crippen molar-refractivity contribution in [1.82, 2.24) is 4.90 Å². The Bertz CT molecular complexity index is 1210. The number of hydrogen-bond donors (Lipinski definition) is 0. The maximum absolute atomic E-state index is 14.0. The third kappa shape index (κ3) is 5.34. The second-order valence-electron chi connectivity index (χ2n) is 8.03. The topological polar surface area (TPSA) is 60.9 Å². The molecule has 1 saturated heterocycles. The number of carbonyl (C=O) groups is 1. The van der Waals surface area contributed by atoms with Gasteiger partial charge in [-0.3, -0.25) is 9.10 Å². The highest BCUT2D eigenvalue weighted by molar-refractivity contribution is 7.92. The minimum atomic E-state index is -3.46. The summed E-state index contributed by atoms with van der Waals surface area (Å²) >= 11 is 0. The molecule has 3 aromatic rings. The molecule has 0 unspecified atom stereocenters. The van der Waals surface area contributed by atoms with E-state index in [4.69, 9.17) is 0 Å². The molecule has 0 bridgehead atoms. The largest absolute Gasteiger partial charge is 0.366 e. The molecule has 0 aliphatic carbocycles. The van der Waals surface area contributed by atoms with Gasteiger partial charge in [0.05, 0.1) is 24.2 Å². The van der Waals surface area contributed by atoms with Crippen LogP contribution in [0.4, 0.5) is 15.8 Å². The van der Waals surface area contributed by atoms with Gasteiger partial charge in [0.2, 0.25) is 10.0 Å². The second kappa shape index (κ2) is 9.62. The SMILES string of the molecule is CS(=O)(=O)N(Cc1ccc(C(=O)N2CCN(c3ccccc3F)CC2)cc1)c1ccccc1. The van der Waals surface area contributed by atoms with Crippen molar-refractivity contribution in [2.45, 2.75) is 6.54 Å². The molecular formula is C25H26FN3O3S. The molecule has 8 heteroatoms. The van der Waals surface area contributed by atoms with Crippen LogP contribution in [0.15, 0.2) is 78.9 Å². The van der Waals surface area contributed by atoms with Gasteiger partial charge in [-0.05, 0) is 42.0 Å². The zero-order valence-electron chi connectivity index (χ0n) is 18.4. The lowest BCUT2D eigenvalue weighted by atomic mass is 10.1. The normalized spacial score (nSPS) is 14.2. The van der Waals surface area contributed by atoms with Crippen molar-refractivity contribution in [3.05, 3.63) is 95.8 Å². The van der Waals surface area contributed by atoms with Crippen LogP contribution in [-0.2, 0) is 16.6 Å². The molecule has 1 aliphatic rings. The highest BCUT2D eigenvalue weighted by Crippen LogP contribution is 2.22. The van der Waals surface area contributed by atoms with Crippen molar-refractivity contribution in [2.75, 3.05) is 41.6 Å². The summed E-state index contributed by atoms with van der Waals surface area (Å²) in [5.41, 5.74) is 2.48. The summed E-state index contributed by atoms with van der Waals surface area (Å²) in [7, 11) is -3.46. The van der Waals surface area contributed by atoms with E-state index in [9.17, 15) is 17.6 Å². The Balaban J connectivity index is 1.41. The van der Waals surface area contributed by atoms with Crippen molar-refractivity contribution in [1.29, 1.82) is 0 Å². The molecule has 0 aromatic heterocycles. The number of halogens is 1. The van der Waals surface area contributed by atoms with Crippen LogP contribution in [-0.4, -0.2) is 51.7 Å². The highest BCUT2D eigenvalue weighted by atomic mass is 32.2. The summed E-state index contributed by atoms with van der Waals surface area (Å²) in [6.45, 7) is 2.31. The molecule has 1 amide bonds. The third-order valence-electron chi connectivity index (χ3n) is 5.73. The van der Waals surface area contributed by atoms with Gasteiger partial charge in [-0.2, -0.15) is 0 Å². The average Bonchev–Trinajstić information content (AvgIpc) is 2.83. The Morgan fingerprint density at radius 2 is 1.48 bits per heavy atom. The Labute approximate surface area is 193 Å². The zero-order valence-corrected chi connectivity index (χ0v) is 19.2. The lowest BCUT2D eigenvalue weighted by Crippen LogP contribution is -2.49. The van der Waals surface area contributed by atoms with Crippen molar-refractivity contribution < 1.29 is 17.6 Å². The Morgan fingerprint density at radius 1 is 0.879 bits per heavy atom. The highest BCUT2D eigenvalue weighted by Gasteiger charge is 2.24. The van der Waals surface area contributed by atoms with Crippen molar-refractivity contribution in [3.63, 3.8) is 0 Å². The fraction of sp³-hybridized carbons (Fsp3) is 0.240. The maximum atomic E-state index is 14.0. The van der Waals surface area contributed by atoms with E-state index in [1.165, 1.54) is 16.6 Å². The molecule has 0 atom stereocenters. The first-order valence-electron chi connectivity index (χ1n) is 10.7. The first-order valence-corrected chi connectivity index (χ1v) is 12.6. The summed E-state index contributed by atoms with van der Waals surface area (Å²) in [6, 6.07) is 22.6. The number of carbonyl (C=O) groups excluding carboxylic acids is 1. The van der Waals surface area contributed by atoms with E-state index in [0.717, 1.165) is 5.56 Å². The first-order chi connectivity index (χ1) is 15.8. The molecule has 1 fully saturated rings. The predicted molar refractivity (Wildman–Crippen MR) is 128 cm³/mol. The van der Waals surface area contributed by atoms with E-state index in [0.29, 0.717) is 43.1 Å². The minimum absolute atomic E-state index is 0.0854. The van der Waals surface area contributed by atoms with E-state index in [1.54, 1.807) is 71.6 Å². The lowest BCUT2D eigenvalue weighted by Gasteiger charge is -2.36. The van der Waals surface area contributed by atoms with Crippen molar-refractivity contribution >= 4 is 27.3 Å². The molecule has 4 rings (SSSR count). The summed E-state index contributed by atoms with van der Waals surface area (Å²) in [6.07, 6.45) is 1.18. The molecule has 33 heavy (non-hydrogen) atoms. The van der Waals surface area contributed by atoms with Gasteiger partial charge in [0.25, 0.3) is 5.91 Å². The zero-order chi connectivity index (χ0) is 23.4. The number of rotatable bonds is 6. The van der Waals surface area contributed by atoms with Gasteiger partial charge in [-0.15, -0.1) is 0 Å². The number of anilines is 2. The van der Waals surface area contributed by atoms with Gasteiger partial charge in [0.1, 0.15) is 5.82 Å². The van der Waals surface area contributed by atoms with Gasteiger partial charge < -0.3 is 9.80 Å². The quantitative estimate of drug-likeness (QED) is 0.554. The smallest absolute Gasteiger partial charge is 0.253 e. The van der Waals surface area contributed by atoms with E-state index in [1.807, 2.05) is 11.0 Å². The molecule has 0 N–H and O–H groups in total. The van der Waals surface area contributed by atoms with Gasteiger partial charge in [-0.25, -0.2) is 12.8 Å². The fourth-order valence-electron chi connectivity index (χ4n) is 3.95. The van der Waals surface area contributed by atoms with Crippen LogP contribution >= 0.6 is 0 Å². The molecule has 1 heterocycles. The summed E-state index contributed by atoms with van der Waals surface area (Å²) in [5.74, 6) is -0.343. The third-order valence-corrected chi connectivity index (χ3v) is 6.87. The molecule has 0 spiro atoms. The monoisotopic (exact) mass is 467 g/mol. The Hall–Kier alpha value is -3.39. The van der Waals surface area contributed by atoms with E-state index in [-0.39, 0.29) is 18.3 Å². The number of para-hydroxylation sites is 2. The van der Waals surface area contributed by atoms with Crippen LogP contribution in [0.1, 0.15) is 15.9 Å². The van der Waals surface area contributed by atoms with Gasteiger partial charge in [0, 0.05) is 31.7 Å². The van der Waals surface area contributed by atoms with Crippen molar-refractivity contribution in [2.24, 2.45) is 0 Å². The molecule has 1 aliphatic heterocycles. The second-order valence-corrected chi connectivity index (χ2v) is 9.94. The number of sulfonamides is 1. The van der Waals surface area contributed by atoms with Crippen LogP contribution in [0.5, 0.6) is 0 Å². The number of benzene rings is 3. The van der Waals surface area contributed by atoms with Crippen LogP contribution in [0, 0.1) is 5.82 Å². The van der Waals surface area contributed by atoms with Crippen LogP contribution in [0.2, 0.25) is 0 Å². The van der Waals surface area contributed by atoms with Gasteiger partial charge in [0.15, 0.2) is 0 Å². The van der Waals surface area contributed by atoms with Crippen LogP contribution in [0.3, 0.4) is 0 Å². The molecule has 0 saturated carbocycles. The van der Waals surface area contributed by atoms with E-state index >= 15 is 0 Å². The van der Waals surface area contributed by atoms with Crippen LogP contribution in [0.25, 0.3) is 0 Å². The molecule has 0 radical (unpaired) electrons. The predicted octanol–water partition coefficient (Wildman–Crippen LogP) is 3.75. The number of amides is 1. The Morgan fingerprint density at radius 3 is 2.09 bits per heavy atom. The number of hydrogen-bond acceptors (Lipinski definition) is 4. The first kappa shape index (κ1) is 22.8. The average molecular weight is 468 g/mol. The molecule has 172 valence electrons. The lowest BCUT2D eigenvalue weighted by molar-refractivity contribution is 0.0746. The number of nitrogens with zero attached hydrogens (tertiary/aromatic N) is 3. The molecule has 6 nitrogen and oxygen atoms in total. The van der Waals surface area contributed by atoms with Crippen molar-refractivity contribution in [3.8, 4) is 0 Å². The number of piperazine rings is 1. The van der Waals surface area contributed by atoms with Gasteiger partial charge >= 0.3 is 0 Å². The van der Waals surface area contributed by atoms with E-state index in [2.05, 4.69) is 0 Å². The van der Waals surface area contributed by atoms with Crippen LogP contribution < -0.4 is 9.21 Å². The summed E-state index contributed by atoms with van der Waals surface area (Å²) in [4.78, 5) is 16.7. The van der Waals surface area contributed by atoms with E-state index < -0.39 is 10.0 Å². The maximum Gasteiger partial charge on any atom is 0.253 e. The summed E-state index contributed by atoms with van der Waals surface area (Å²) in [5, 5.41) is 0. The fourth-order valence-corrected chi connectivity index (χ4v) is 4.84. The standard InChI is InChI=1S/C25H26FN3O3S/c1-33(31,32)29(22-7-3-2-4-8-22)19-20-11-13-21(14-12-20)25(30)28-17-15-27(16-18-28)24-10-6-5-9-23(24)26/h2-14H,15-19H2,1H3. The molecule has 3 aromatic carbocycles.